The van der Waals surface area contributed by atoms with E-state index in [1.165, 1.54) is 0 Å². The Labute approximate surface area is 75.6 Å². The standard InChI is InChI=1S/C8H8Cl2O/c1-5-7(9)3-2-6(4-11)8(5)10/h2-3,11H,4H2,1H3. The van der Waals surface area contributed by atoms with Crippen LogP contribution in [0.5, 0.6) is 0 Å². The normalized spacial score (nSPS) is 10.2. The lowest BCUT2D eigenvalue weighted by atomic mass is 10.1. The van der Waals surface area contributed by atoms with E-state index in [-0.39, 0.29) is 6.61 Å². The number of hydrogen-bond donors (Lipinski definition) is 1. The highest BCUT2D eigenvalue weighted by Gasteiger charge is 2.04. The van der Waals surface area contributed by atoms with Gasteiger partial charge >= 0.3 is 0 Å². The van der Waals surface area contributed by atoms with E-state index in [1.807, 2.05) is 6.92 Å². The fourth-order valence-corrected chi connectivity index (χ4v) is 1.27. The maximum Gasteiger partial charge on any atom is 0.0696 e. The van der Waals surface area contributed by atoms with Crippen LogP contribution >= 0.6 is 23.2 Å². The van der Waals surface area contributed by atoms with Gasteiger partial charge in [0.15, 0.2) is 0 Å². The minimum Gasteiger partial charge on any atom is -0.392 e. The molecule has 60 valence electrons. The van der Waals surface area contributed by atoms with Crippen LogP contribution in [0, 0.1) is 6.92 Å². The molecule has 0 amide bonds. The molecule has 0 spiro atoms. The molecule has 0 aliphatic heterocycles. The maximum atomic E-state index is 8.81. The molecule has 0 fully saturated rings. The zero-order valence-electron chi connectivity index (χ0n) is 6.06. The molecule has 0 saturated carbocycles. The van der Waals surface area contributed by atoms with Gasteiger partial charge in [0, 0.05) is 5.02 Å². The third kappa shape index (κ3) is 1.67. The fourth-order valence-electron chi connectivity index (χ4n) is 0.840. The van der Waals surface area contributed by atoms with Crippen molar-refractivity contribution in [3.63, 3.8) is 0 Å². The highest BCUT2D eigenvalue weighted by atomic mass is 35.5. The van der Waals surface area contributed by atoms with Crippen LogP contribution in [0.25, 0.3) is 0 Å². The van der Waals surface area contributed by atoms with Crippen LogP contribution in [0.15, 0.2) is 12.1 Å². The molecule has 1 aromatic carbocycles. The molecule has 0 atom stereocenters. The van der Waals surface area contributed by atoms with Crippen molar-refractivity contribution in [2.75, 3.05) is 0 Å². The van der Waals surface area contributed by atoms with E-state index in [4.69, 9.17) is 28.3 Å². The molecule has 0 aliphatic carbocycles. The molecule has 0 heterocycles. The molecule has 3 heteroatoms. The lowest BCUT2D eigenvalue weighted by Gasteiger charge is -2.04. The average molecular weight is 191 g/mol. The highest BCUT2D eigenvalue weighted by molar-refractivity contribution is 6.36. The Morgan fingerprint density at radius 2 is 2.00 bits per heavy atom. The molecule has 1 rings (SSSR count). The van der Waals surface area contributed by atoms with Crippen LogP contribution in [-0.2, 0) is 6.61 Å². The summed E-state index contributed by atoms with van der Waals surface area (Å²) in [6.45, 7) is 1.78. The van der Waals surface area contributed by atoms with Crippen molar-refractivity contribution in [3.05, 3.63) is 33.3 Å². The predicted molar refractivity (Wildman–Crippen MR) is 47.1 cm³/mol. The number of rotatable bonds is 1. The Bertz CT molecular complexity index is 271. The van der Waals surface area contributed by atoms with Crippen LogP contribution in [-0.4, -0.2) is 5.11 Å². The zero-order chi connectivity index (χ0) is 8.43. The van der Waals surface area contributed by atoms with E-state index in [0.717, 1.165) is 5.56 Å². The molecule has 1 N–H and O–H groups in total. The average Bonchev–Trinajstić information content (AvgIpc) is 2.01. The molecular formula is C8H8Cl2O. The first-order valence-electron chi connectivity index (χ1n) is 3.21. The maximum absolute atomic E-state index is 8.81. The third-order valence-corrected chi connectivity index (χ3v) is 2.51. The molecule has 1 aromatic rings. The number of halogens is 2. The summed E-state index contributed by atoms with van der Waals surface area (Å²) in [5.74, 6) is 0. The van der Waals surface area contributed by atoms with Crippen LogP contribution in [0.3, 0.4) is 0 Å². The van der Waals surface area contributed by atoms with Crippen LogP contribution in [0.4, 0.5) is 0 Å². The molecule has 11 heavy (non-hydrogen) atoms. The van der Waals surface area contributed by atoms with Crippen LogP contribution < -0.4 is 0 Å². The first-order chi connectivity index (χ1) is 5.16. The molecule has 1 nitrogen and oxygen atoms in total. The molecule has 0 aliphatic rings. The van der Waals surface area contributed by atoms with Crippen molar-refractivity contribution in [1.29, 1.82) is 0 Å². The SMILES string of the molecule is Cc1c(Cl)ccc(CO)c1Cl. The number of aliphatic hydroxyl groups is 1. The minimum atomic E-state index is -0.0448. The molecule has 0 unspecified atom stereocenters. The molecule has 0 radical (unpaired) electrons. The van der Waals surface area contributed by atoms with Crippen molar-refractivity contribution >= 4 is 23.2 Å². The van der Waals surface area contributed by atoms with Gasteiger partial charge in [-0.1, -0.05) is 29.3 Å². The topological polar surface area (TPSA) is 20.2 Å². The monoisotopic (exact) mass is 190 g/mol. The lowest BCUT2D eigenvalue weighted by Crippen LogP contribution is -1.87. The minimum absolute atomic E-state index is 0.0448. The number of benzene rings is 1. The van der Waals surface area contributed by atoms with Gasteiger partial charge in [-0.15, -0.1) is 0 Å². The van der Waals surface area contributed by atoms with E-state index in [1.54, 1.807) is 12.1 Å². The van der Waals surface area contributed by atoms with Crippen molar-refractivity contribution < 1.29 is 5.11 Å². The summed E-state index contributed by atoms with van der Waals surface area (Å²) < 4.78 is 0. The number of hydrogen-bond acceptors (Lipinski definition) is 1. The van der Waals surface area contributed by atoms with E-state index in [0.29, 0.717) is 15.6 Å². The van der Waals surface area contributed by atoms with Gasteiger partial charge in [0.25, 0.3) is 0 Å². The second-order valence-corrected chi connectivity index (χ2v) is 3.09. The molecule has 0 aromatic heterocycles. The molecule has 0 saturated heterocycles. The van der Waals surface area contributed by atoms with Gasteiger partial charge in [-0.3, -0.25) is 0 Å². The predicted octanol–water partition coefficient (Wildman–Crippen LogP) is 2.79. The largest absolute Gasteiger partial charge is 0.392 e. The van der Waals surface area contributed by atoms with Gasteiger partial charge in [-0.05, 0) is 24.1 Å². The Kier molecular flexibility index (Phi) is 2.77. The summed E-state index contributed by atoms with van der Waals surface area (Å²) in [5, 5.41) is 9.99. The summed E-state index contributed by atoms with van der Waals surface area (Å²) >= 11 is 11.6. The Hall–Kier alpha value is -0.240. The van der Waals surface area contributed by atoms with Crippen LogP contribution in [0.2, 0.25) is 10.0 Å². The van der Waals surface area contributed by atoms with Crippen molar-refractivity contribution in [2.24, 2.45) is 0 Å². The quantitative estimate of drug-likeness (QED) is 0.723. The Morgan fingerprint density at radius 1 is 1.36 bits per heavy atom. The van der Waals surface area contributed by atoms with Gasteiger partial charge in [0.2, 0.25) is 0 Å². The van der Waals surface area contributed by atoms with Gasteiger partial charge in [0.05, 0.1) is 11.6 Å². The summed E-state index contributed by atoms with van der Waals surface area (Å²) in [5.41, 5.74) is 1.54. The van der Waals surface area contributed by atoms with E-state index < -0.39 is 0 Å². The highest BCUT2D eigenvalue weighted by Crippen LogP contribution is 2.26. The third-order valence-electron chi connectivity index (χ3n) is 1.57. The van der Waals surface area contributed by atoms with Gasteiger partial charge < -0.3 is 5.11 Å². The molecular weight excluding hydrogens is 183 g/mol. The zero-order valence-corrected chi connectivity index (χ0v) is 7.58. The fraction of sp³-hybridized carbons (Fsp3) is 0.250. The Balaban J connectivity index is 3.25. The van der Waals surface area contributed by atoms with E-state index >= 15 is 0 Å². The molecule has 0 bridgehead atoms. The Morgan fingerprint density at radius 3 is 2.55 bits per heavy atom. The summed E-state index contributed by atoms with van der Waals surface area (Å²) in [7, 11) is 0. The first kappa shape index (κ1) is 8.85. The summed E-state index contributed by atoms with van der Waals surface area (Å²) in [4.78, 5) is 0. The first-order valence-corrected chi connectivity index (χ1v) is 3.96. The second kappa shape index (κ2) is 3.44. The van der Waals surface area contributed by atoms with Crippen molar-refractivity contribution in [1.82, 2.24) is 0 Å². The smallest absolute Gasteiger partial charge is 0.0696 e. The van der Waals surface area contributed by atoms with Crippen LogP contribution in [0.1, 0.15) is 11.1 Å². The van der Waals surface area contributed by atoms with Gasteiger partial charge in [-0.25, -0.2) is 0 Å². The summed E-state index contributed by atoms with van der Waals surface area (Å²) in [6, 6.07) is 3.45. The number of aliphatic hydroxyl groups excluding tert-OH is 1. The lowest BCUT2D eigenvalue weighted by molar-refractivity contribution is 0.282. The van der Waals surface area contributed by atoms with Crippen molar-refractivity contribution in [3.8, 4) is 0 Å². The van der Waals surface area contributed by atoms with Crippen molar-refractivity contribution in [2.45, 2.75) is 13.5 Å². The summed E-state index contributed by atoms with van der Waals surface area (Å²) in [6.07, 6.45) is 0. The van der Waals surface area contributed by atoms with E-state index in [2.05, 4.69) is 0 Å². The van der Waals surface area contributed by atoms with Gasteiger partial charge in [-0.2, -0.15) is 0 Å². The van der Waals surface area contributed by atoms with E-state index in [9.17, 15) is 0 Å². The van der Waals surface area contributed by atoms with Gasteiger partial charge in [0.1, 0.15) is 0 Å². The second-order valence-electron chi connectivity index (χ2n) is 2.30.